The maximum Gasteiger partial charge on any atom is 0.257 e. The van der Waals surface area contributed by atoms with Crippen molar-refractivity contribution in [3.05, 3.63) is 51.6 Å². The van der Waals surface area contributed by atoms with Crippen LogP contribution in [0.15, 0.2) is 30.5 Å². The zero-order chi connectivity index (χ0) is 22.7. The highest BCUT2D eigenvalue weighted by molar-refractivity contribution is 7.12. The number of para-hydroxylation sites is 1. The summed E-state index contributed by atoms with van der Waals surface area (Å²) in [5, 5.41) is 1.83. The number of carbonyl (C=O) groups excluding carboxylic acids is 2. The molecule has 1 saturated heterocycles. The maximum atomic E-state index is 13.2. The molecule has 1 fully saturated rings. The van der Waals surface area contributed by atoms with Crippen molar-refractivity contribution < 1.29 is 9.59 Å². The van der Waals surface area contributed by atoms with Gasteiger partial charge in [0.2, 0.25) is 0 Å². The van der Waals surface area contributed by atoms with E-state index in [1.165, 1.54) is 0 Å². The van der Waals surface area contributed by atoms with E-state index in [1.54, 1.807) is 17.5 Å². The first-order chi connectivity index (χ1) is 15.2. The number of anilines is 1. The van der Waals surface area contributed by atoms with Gasteiger partial charge in [-0.2, -0.15) is 0 Å². The number of pyridine rings is 1. The number of aromatic nitrogens is 2. The molecule has 0 radical (unpaired) electrons. The largest absolute Gasteiger partial charge is 0.397 e. The van der Waals surface area contributed by atoms with Gasteiger partial charge in [-0.25, -0.2) is 4.98 Å². The Bertz CT molecular complexity index is 1230. The van der Waals surface area contributed by atoms with Gasteiger partial charge in [0.25, 0.3) is 5.91 Å². The van der Waals surface area contributed by atoms with Gasteiger partial charge >= 0.3 is 0 Å². The Hall–Kier alpha value is -2.80. The van der Waals surface area contributed by atoms with Crippen molar-refractivity contribution in [3.8, 4) is 0 Å². The van der Waals surface area contributed by atoms with Crippen LogP contribution in [0.5, 0.6) is 0 Å². The zero-order valence-electron chi connectivity index (χ0n) is 18.8. The van der Waals surface area contributed by atoms with Crippen molar-refractivity contribution in [2.24, 2.45) is 5.41 Å². The quantitative estimate of drug-likeness (QED) is 0.587. The second-order valence-corrected chi connectivity index (χ2v) is 11.3. The van der Waals surface area contributed by atoms with Crippen LogP contribution >= 0.6 is 11.3 Å². The highest BCUT2D eigenvalue weighted by Crippen LogP contribution is 2.46. The molecule has 3 aromatic rings. The van der Waals surface area contributed by atoms with Crippen molar-refractivity contribution >= 4 is 39.6 Å². The average molecular weight is 449 g/mol. The van der Waals surface area contributed by atoms with Gasteiger partial charge in [-0.15, -0.1) is 11.3 Å². The number of hydrogen-bond donors (Lipinski definition) is 1. The second kappa shape index (κ2) is 7.37. The molecular weight excluding hydrogens is 420 g/mol. The topological polar surface area (TPSA) is 89.2 Å². The van der Waals surface area contributed by atoms with Crippen LogP contribution < -0.4 is 5.73 Å². The Morgan fingerprint density at radius 1 is 1.16 bits per heavy atom. The summed E-state index contributed by atoms with van der Waals surface area (Å²) in [6, 6.07) is 7.60. The number of nitrogens with zero attached hydrogens (tertiary/aromatic N) is 3. The fraction of sp³-hybridized carbons (Fsp3) is 0.440. The standard InChI is InChI=1S/C25H28N4O2S/c1-24(2,3)23-28-21-18(30)12-25(13-19(21)32-23)8-10-29(11-9-25)22(31)16-14-27-17-7-5-4-6-15(17)20(16)26/h4-7,14H,8-13H2,1-3H3,(H2,26,27). The molecule has 1 spiro atoms. The number of amides is 1. The van der Waals surface area contributed by atoms with Crippen LogP contribution in [-0.2, 0) is 11.8 Å². The van der Waals surface area contributed by atoms with Crippen molar-refractivity contribution in [2.75, 3.05) is 18.8 Å². The van der Waals surface area contributed by atoms with E-state index in [2.05, 4.69) is 30.7 Å². The average Bonchev–Trinajstić information content (AvgIpc) is 3.19. The number of likely N-dealkylation sites (tertiary alicyclic amines) is 1. The molecule has 0 saturated carbocycles. The highest BCUT2D eigenvalue weighted by Gasteiger charge is 2.44. The Morgan fingerprint density at radius 3 is 2.59 bits per heavy atom. The lowest BCUT2D eigenvalue weighted by molar-refractivity contribution is 0.0522. The summed E-state index contributed by atoms with van der Waals surface area (Å²) >= 11 is 1.68. The van der Waals surface area contributed by atoms with Crippen molar-refractivity contribution in [3.63, 3.8) is 0 Å². The van der Waals surface area contributed by atoms with Gasteiger partial charge in [-0.1, -0.05) is 39.0 Å². The molecule has 5 rings (SSSR count). The van der Waals surface area contributed by atoms with E-state index in [0.29, 0.717) is 36.5 Å². The monoisotopic (exact) mass is 448 g/mol. The molecule has 2 N–H and O–H groups in total. The molecule has 6 nitrogen and oxygen atoms in total. The van der Waals surface area contributed by atoms with Crippen LogP contribution in [0.2, 0.25) is 0 Å². The number of rotatable bonds is 1. The third kappa shape index (κ3) is 3.48. The number of ketones is 1. The minimum Gasteiger partial charge on any atom is -0.397 e. The van der Waals surface area contributed by atoms with E-state index in [1.807, 2.05) is 29.2 Å². The zero-order valence-corrected chi connectivity index (χ0v) is 19.6. The number of carbonyl (C=O) groups is 2. The smallest absolute Gasteiger partial charge is 0.257 e. The van der Waals surface area contributed by atoms with Gasteiger partial charge in [0.1, 0.15) is 5.69 Å². The minimum atomic E-state index is -0.0776. The minimum absolute atomic E-state index is 0.0565. The summed E-state index contributed by atoms with van der Waals surface area (Å²) in [6.07, 6.45) is 4.62. The van der Waals surface area contributed by atoms with E-state index in [0.717, 1.165) is 40.1 Å². The van der Waals surface area contributed by atoms with Crippen molar-refractivity contribution in [1.82, 2.24) is 14.9 Å². The number of fused-ring (bicyclic) bond motifs is 2. The SMILES string of the molecule is CC(C)(C)c1nc2c(s1)CC1(CCN(C(=O)c3cnc4ccccc4c3N)CC1)CC2=O. The number of thiazole rings is 1. The molecule has 2 aliphatic rings. The van der Waals surface area contributed by atoms with E-state index in [-0.39, 0.29) is 22.5 Å². The number of benzene rings is 1. The summed E-state index contributed by atoms with van der Waals surface area (Å²) in [5.41, 5.74) is 8.61. The van der Waals surface area contributed by atoms with Crippen LogP contribution in [0.3, 0.4) is 0 Å². The van der Waals surface area contributed by atoms with E-state index in [4.69, 9.17) is 5.73 Å². The first-order valence-electron chi connectivity index (χ1n) is 11.1. The molecule has 32 heavy (non-hydrogen) atoms. The molecule has 1 aliphatic carbocycles. The number of Topliss-reactive ketones (excluding diaryl/α,β-unsaturated/α-hetero) is 1. The maximum absolute atomic E-state index is 13.2. The molecule has 1 aromatic carbocycles. The summed E-state index contributed by atoms with van der Waals surface area (Å²) in [6.45, 7) is 7.65. The Morgan fingerprint density at radius 2 is 1.88 bits per heavy atom. The van der Waals surface area contributed by atoms with E-state index >= 15 is 0 Å². The van der Waals surface area contributed by atoms with Crippen LogP contribution in [0, 0.1) is 5.41 Å². The fourth-order valence-corrected chi connectivity index (χ4v) is 6.19. The van der Waals surface area contributed by atoms with Crippen LogP contribution in [0.4, 0.5) is 5.69 Å². The molecule has 3 heterocycles. The van der Waals surface area contributed by atoms with Gasteiger partial charge in [-0.3, -0.25) is 14.6 Å². The van der Waals surface area contributed by atoms with E-state index < -0.39 is 0 Å². The summed E-state index contributed by atoms with van der Waals surface area (Å²) < 4.78 is 0. The number of piperidine rings is 1. The fourth-order valence-electron chi connectivity index (χ4n) is 4.88. The lowest BCUT2D eigenvalue weighted by Gasteiger charge is -2.43. The molecule has 0 unspecified atom stereocenters. The predicted octanol–water partition coefficient (Wildman–Crippen LogP) is 4.62. The molecule has 0 bridgehead atoms. The lowest BCUT2D eigenvalue weighted by atomic mass is 9.68. The Labute approximate surface area is 191 Å². The number of hydrogen-bond acceptors (Lipinski definition) is 6. The number of nitrogen functional groups attached to an aromatic ring is 1. The first kappa shape index (κ1) is 21.1. The summed E-state index contributed by atoms with van der Waals surface area (Å²) in [7, 11) is 0. The normalized spacial score (nSPS) is 18.2. The van der Waals surface area contributed by atoms with Crippen molar-refractivity contribution in [2.45, 2.75) is 51.9 Å². The van der Waals surface area contributed by atoms with Crippen LogP contribution in [0.25, 0.3) is 10.9 Å². The summed E-state index contributed by atoms with van der Waals surface area (Å²) in [4.78, 5) is 38.3. The Kier molecular flexibility index (Phi) is 4.85. The molecule has 2 aromatic heterocycles. The molecule has 1 aliphatic heterocycles. The van der Waals surface area contributed by atoms with Crippen LogP contribution in [0.1, 0.15) is 70.8 Å². The molecule has 166 valence electrons. The van der Waals surface area contributed by atoms with Gasteiger partial charge in [0, 0.05) is 41.4 Å². The van der Waals surface area contributed by atoms with Crippen molar-refractivity contribution in [1.29, 1.82) is 0 Å². The van der Waals surface area contributed by atoms with Gasteiger partial charge in [0.05, 0.1) is 21.8 Å². The van der Waals surface area contributed by atoms with Gasteiger partial charge in [-0.05, 0) is 30.7 Å². The third-order valence-electron chi connectivity index (χ3n) is 6.83. The van der Waals surface area contributed by atoms with Crippen LogP contribution in [-0.4, -0.2) is 39.6 Å². The highest BCUT2D eigenvalue weighted by atomic mass is 32.1. The Balaban J connectivity index is 1.34. The first-order valence-corrected chi connectivity index (χ1v) is 11.9. The molecule has 0 atom stereocenters. The predicted molar refractivity (Wildman–Crippen MR) is 127 cm³/mol. The number of nitrogens with two attached hydrogens (primary N) is 1. The third-order valence-corrected chi connectivity index (χ3v) is 8.31. The lowest BCUT2D eigenvalue weighted by Crippen LogP contribution is -2.46. The van der Waals surface area contributed by atoms with E-state index in [9.17, 15) is 9.59 Å². The van der Waals surface area contributed by atoms with Gasteiger partial charge in [0.15, 0.2) is 5.78 Å². The molecule has 1 amide bonds. The van der Waals surface area contributed by atoms with Gasteiger partial charge < -0.3 is 10.6 Å². The second-order valence-electron chi connectivity index (χ2n) is 10.2. The molecule has 7 heteroatoms. The summed E-state index contributed by atoms with van der Waals surface area (Å²) in [5.74, 6) is 0.0759. The molecular formula is C25H28N4O2S.